The van der Waals surface area contributed by atoms with Crippen molar-refractivity contribution in [3.05, 3.63) is 59.2 Å². The number of hydrogen-bond donors (Lipinski definition) is 1. The molecule has 2 aromatic heterocycles. The van der Waals surface area contributed by atoms with E-state index in [1.807, 2.05) is 0 Å². The highest BCUT2D eigenvalue weighted by Gasteiger charge is 2.11. The van der Waals surface area contributed by atoms with Crippen molar-refractivity contribution in [1.82, 2.24) is 4.98 Å². The molecular formula is C16H12F2N2O2S. The summed E-state index contributed by atoms with van der Waals surface area (Å²) in [6.07, 6.45) is 1.70. The van der Waals surface area contributed by atoms with Crippen LogP contribution in [-0.2, 0) is 11.2 Å². The Bertz CT molecular complexity index is 815. The smallest absolute Gasteiger partial charge is 0.226 e. The van der Waals surface area contributed by atoms with Crippen molar-refractivity contribution in [3.8, 4) is 11.5 Å². The number of carbonyl (C=O) groups excluding carboxylic acids is 1. The molecule has 4 nitrogen and oxygen atoms in total. The van der Waals surface area contributed by atoms with Crippen LogP contribution in [0.2, 0.25) is 0 Å². The van der Waals surface area contributed by atoms with Crippen molar-refractivity contribution in [2.45, 2.75) is 12.8 Å². The fraction of sp³-hybridized carbons (Fsp3) is 0.125. The Morgan fingerprint density at radius 1 is 1.30 bits per heavy atom. The van der Waals surface area contributed by atoms with Gasteiger partial charge in [-0.2, -0.15) is 0 Å². The molecule has 0 atom stereocenters. The van der Waals surface area contributed by atoms with Crippen molar-refractivity contribution in [1.29, 1.82) is 0 Å². The van der Waals surface area contributed by atoms with Gasteiger partial charge in [0, 0.05) is 11.8 Å². The molecule has 3 rings (SSSR count). The van der Waals surface area contributed by atoms with Crippen molar-refractivity contribution < 1.29 is 18.0 Å². The number of hydrogen-bond acceptors (Lipinski definition) is 4. The first-order chi connectivity index (χ1) is 11.1. The number of nitrogens with one attached hydrogen (secondary N) is 1. The number of furan rings is 1. The van der Waals surface area contributed by atoms with Crippen LogP contribution in [-0.4, -0.2) is 10.9 Å². The highest BCUT2D eigenvalue weighted by Crippen LogP contribution is 2.25. The Morgan fingerprint density at radius 2 is 2.17 bits per heavy atom. The monoisotopic (exact) mass is 334 g/mol. The van der Waals surface area contributed by atoms with Crippen molar-refractivity contribution in [3.63, 3.8) is 0 Å². The molecule has 0 spiro atoms. The maximum atomic E-state index is 13.5. The summed E-state index contributed by atoms with van der Waals surface area (Å²) in [5.41, 5.74) is 0.807. The number of benzene rings is 1. The summed E-state index contributed by atoms with van der Waals surface area (Å²) in [5, 5.41) is 4.84. The number of halogens is 2. The number of nitrogens with zero attached hydrogens (tertiary/aromatic N) is 1. The molecular weight excluding hydrogens is 322 g/mol. The third-order valence-electron chi connectivity index (χ3n) is 3.15. The van der Waals surface area contributed by atoms with E-state index in [-0.39, 0.29) is 24.3 Å². The van der Waals surface area contributed by atoms with E-state index < -0.39 is 11.6 Å². The van der Waals surface area contributed by atoms with Gasteiger partial charge in [-0.25, -0.2) is 13.8 Å². The number of carbonyl (C=O) groups is 1. The second-order valence-corrected chi connectivity index (χ2v) is 5.66. The molecule has 0 fully saturated rings. The average Bonchev–Trinajstić information content (AvgIpc) is 3.19. The van der Waals surface area contributed by atoms with Gasteiger partial charge in [0.1, 0.15) is 17.3 Å². The molecule has 118 valence electrons. The minimum absolute atomic E-state index is 0.0377. The van der Waals surface area contributed by atoms with E-state index in [1.54, 1.807) is 23.8 Å². The molecule has 0 radical (unpaired) electrons. The Morgan fingerprint density at radius 3 is 2.96 bits per heavy atom. The van der Waals surface area contributed by atoms with Crippen LogP contribution >= 0.6 is 11.3 Å². The Kier molecular flexibility index (Phi) is 4.47. The molecule has 1 N–H and O–H groups in total. The maximum absolute atomic E-state index is 13.5. The van der Waals surface area contributed by atoms with E-state index in [4.69, 9.17) is 4.42 Å². The molecule has 23 heavy (non-hydrogen) atoms. The first-order valence-electron chi connectivity index (χ1n) is 6.85. The lowest BCUT2D eigenvalue weighted by Gasteiger charge is -2.04. The SMILES string of the molecule is O=C(CCc1cc(F)ccc1F)Nc1nc(-c2ccco2)cs1. The van der Waals surface area contributed by atoms with Crippen LogP contribution in [0, 0.1) is 11.6 Å². The molecule has 1 aromatic carbocycles. The van der Waals surface area contributed by atoms with E-state index in [1.165, 1.54) is 11.3 Å². The predicted octanol–water partition coefficient (Wildman–Crippen LogP) is 4.25. The van der Waals surface area contributed by atoms with Crippen LogP contribution in [0.4, 0.5) is 13.9 Å². The number of rotatable bonds is 5. The van der Waals surface area contributed by atoms with Crippen LogP contribution in [0.15, 0.2) is 46.4 Å². The molecule has 0 saturated heterocycles. The van der Waals surface area contributed by atoms with Crippen molar-refractivity contribution in [2.24, 2.45) is 0 Å². The molecule has 2 heterocycles. The zero-order valence-electron chi connectivity index (χ0n) is 11.9. The summed E-state index contributed by atoms with van der Waals surface area (Å²) < 4.78 is 31.8. The van der Waals surface area contributed by atoms with Gasteiger partial charge < -0.3 is 9.73 Å². The van der Waals surface area contributed by atoms with Gasteiger partial charge >= 0.3 is 0 Å². The predicted molar refractivity (Wildman–Crippen MR) is 83.1 cm³/mol. The number of thiazole rings is 1. The molecule has 0 unspecified atom stereocenters. The van der Waals surface area contributed by atoms with E-state index in [2.05, 4.69) is 10.3 Å². The number of aryl methyl sites for hydroxylation is 1. The van der Waals surface area contributed by atoms with Crippen LogP contribution in [0.25, 0.3) is 11.5 Å². The second-order valence-electron chi connectivity index (χ2n) is 4.80. The molecule has 0 bridgehead atoms. The lowest BCUT2D eigenvalue weighted by atomic mass is 10.1. The summed E-state index contributed by atoms with van der Waals surface area (Å²) >= 11 is 1.27. The maximum Gasteiger partial charge on any atom is 0.226 e. The van der Waals surface area contributed by atoms with Gasteiger partial charge in [-0.15, -0.1) is 11.3 Å². The lowest BCUT2D eigenvalue weighted by molar-refractivity contribution is -0.116. The van der Waals surface area contributed by atoms with Crippen LogP contribution in [0.5, 0.6) is 0 Å². The summed E-state index contributed by atoms with van der Waals surface area (Å²) in [6.45, 7) is 0. The first-order valence-corrected chi connectivity index (χ1v) is 7.73. The Labute approximate surface area is 134 Å². The molecule has 7 heteroatoms. The fourth-order valence-corrected chi connectivity index (χ4v) is 2.75. The Hall–Kier alpha value is -2.54. The van der Waals surface area contributed by atoms with Gasteiger partial charge in [-0.1, -0.05) is 0 Å². The zero-order valence-corrected chi connectivity index (χ0v) is 12.7. The fourth-order valence-electron chi connectivity index (χ4n) is 2.03. The summed E-state index contributed by atoms with van der Waals surface area (Å²) in [6, 6.07) is 6.72. The number of anilines is 1. The van der Waals surface area contributed by atoms with Crippen LogP contribution in [0.1, 0.15) is 12.0 Å². The van der Waals surface area contributed by atoms with E-state index >= 15 is 0 Å². The van der Waals surface area contributed by atoms with Gasteiger partial charge in [-0.3, -0.25) is 4.79 Å². The first kappa shape index (κ1) is 15.4. The molecule has 3 aromatic rings. The molecule has 0 saturated carbocycles. The number of amides is 1. The number of aromatic nitrogens is 1. The van der Waals surface area contributed by atoms with Crippen molar-refractivity contribution >= 4 is 22.4 Å². The van der Waals surface area contributed by atoms with Gasteiger partial charge in [0.05, 0.1) is 6.26 Å². The Balaban J connectivity index is 1.58. The molecule has 1 amide bonds. The van der Waals surface area contributed by atoms with Crippen LogP contribution < -0.4 is 5.32 Å². The van der Waals surface area contributed by atoms with E-state index in [9.17, 15) is 13.6 Å². The van der Waals surface area contributed by atoms with Gasteiger partial charge in [0.2, 0.25) is 5.91 Å². The third-order valence-corrected chi connectivity index (χ3v) is 3.91. The topological polar surface area (TPSA) is 55.1 Å². The summed E-state index contributed by atoms with van der Waals surface area (Å²) in [5.74, 6) is -0.740. The minimum atomic E-state index is -0.523. The minimum Gasteiger partial charge on any atom is -0.463 e. The highest BCUT2D eigenvalue weighted by atomic mass is 32.1. The van der Waals surface area contributed by atoms with E-state index in [0.29, 0.717) is 16.6 Å². The third kappa shape index (κ3) is 3.81. The quantitative estimate of drug-likeness (QED) is 0.759. The second kappa shape index (κ2) is 6.70. The van der Waals surface area contributed by atoms with Crippen molar-refractivity contribution in [2.75, 3.05) is 5.32 Å². The van der Waals surface area contributed by atoms with Gasteiger partial charge in [0.15, 0.2) is 10.9 Å². The lowest BCUT2D eigenvalue weighted by Crippen LogP contribution is -2.12. The standard InChI is InChI=1S/C16H12F2N2O2S/c17-11-4-5-12(18)10(8-11)3-6-15(21)20-16-19-13(9-23-16)14-2-1-7-22-14/h1-2,4-5,7-9H,3,6H2,(H,19,20,21). The average molecular weight is 334 g/mol. The van der Waals surface area contributed by atoms with Crippen LogP contribution in [0.3, 0.4) is 0 Å². The van der Waals surface area contributed by atoms with Gasteiger partial charge in [-0.05, 0) is 42.3 Å². The molecule has 0 aliphatic heterocycles. The summed E-state index contributed by atoms with van der Waals surface area (Å²) in [4.78, 5) is 16.1. The van der Waals surface area contributed by atoms with Gasteiger partial charge in [0.25, 0.3) is 0 Å². The normalized spacial score (nSPS) is 10.7. The molecule has 0 aliphatic carbocycles. The molecule has 0 aliphatic rings. The largest absolute Gasteiger partial charge is 0.463 e. The van der Waals surface area contributed by atoms with E-state index in [0.717, 1.165) is 18.2 Å². The summed E-state index contributed by atoms with van der Waals surface area (Å²) in [7, 11) is 0. The zero-order chi connectivity index (χ0) is 16.2. The highest BCUT2D eigenvalue weighted by molar-refractivity contribution is 7.14.